The summed E-state index contributed by atoms with van der Waals surface area (Å²) < 4.78 is 4.63. The molecule has 0 aliphatic carbocycles. The van der Waals surface area contributed by atoms with Gasteiger partial charge in [0, 0.05) is 15.6 Å². The van der Waals surface area contributed by atoms with E-state index in [1.807, 2.05) is 19.1 Å². The number of carbonyl (C=O) groups excluding carboxylic acids is 2. The van der Waals surface area contributed by atoms with Crippen LogP contribution in [0.5, 0.6) is 0 Å². The van der Waals surface area contributed by atoms with Crippen molar-refractivity contribution >= 4 is 40.9 Å². The number of methoxy groups -OCH3 is 1. The molecule has 1 N–H and O–H groups in total. The Balaban J connectivity index is 1.95. The number of carbonyl (C=O) groups is 2. The Kier molecular flexibility index (Phi) is 6.07. The van der Waals surface area contributed by atoms with Gasteiger partial charge in [-0.15, -0.1) is 11.8 Å². The average molecular weight is 350 g/mol. The molecule has 0 aromatic heterocycles. The van der Waals surface area contributed by atoms with E-state index < -0.39 is 5.97 Å². The number of hydrogen-bond acceptors (Lipinski definition) is 4. The fourth-order valence-electron chi connectivity index (χ4n) is 1.82. The molecule has 0 heterocycles. The lowest BCUT2D eigenvalue weighted by molar-refractivity contribution is -0.115. The second-order valence-electron chi connectivity index (χ2n) is 4.77. The molecule has 2 rings (SSSR count). The molecule has 120 valence electrons. The third kappa shape index (κ3) is 5.01. The van der Waals surface area contributed by atoms with E-state index in [0.29, 0.717) is 16.3 Å². The maximum atomic E-state index is 12.2. The monoisotopic (exact) mass is 349 g/mol. The van der Waals surface area contributed by atoms with Crippen LogP contribution in [-0.4, -0.2) is 24.2 Å². The Hall–Kier alpha value is -1.98. The maximum absolute atomic E-state index is 12.2. The zero-order chi connectivity index (χ0) is 16.8. The fourth-order valence-corrected chi connectivity index (χ4v) is 2.82. The van der Waals surface area contributed by atoms with Crippen LogP contribution in [-0.2, 0) is 9.53 Å². The summed E-state index contributed by atoms with van der Waals surface area (Å²) >= 11 is 7.29. The largest absolute Gasteiger partial charge is 0.465 e. The van der Waals surface area contributed by atoms with Crippen molar-refractivity contribution < 1.29 is 14.3 Å². The third-order valence-corrected chi connectivity index (χ3v) is 4.43. The number of hydrogen-bond donors (Lipinski definition) is 1. The highest BCUT2D eigenvalue weighted by molar-refractivity contribution is 8.00. The van der Waals surface area contributed by atoms with Gasteiger partial charge in [0.25, 0.3) is 0 Å². The summed E-state index contributed by atoms with van der Waals surface area (Å²) in [5.41, 5.74) is 1.07. The number of ether oxygens (including phenoxy) is 1. The number of esters is 1. The molecule has 4 nitrogen and oxygen atoms in total. The molecular weight excluding hydrogens is 334 g/mol. The molecule has 0 saturated heterocycles. The molecule has 2 aromatic carbocycles. The number of thioether (sulfide) groups is 1. The molecule has 0 bridgehead atoms. The summed E-state index contributed by atoms with van der Waals surface area (Å²) in [6.07, 6.45) is 0. The van der Waals surface area contributed by atoms with E-state index in [9.17, 15) is 9.59 Å². The van der Waals surface area contributed by atoms with Crippen molar-refractivity contribution in [2.24, 2.45) is 0 Å². The van der Waals surface area contributed by atoms with Crippen LogP contribution in [0, 0.1) is 0 Å². The van der Waals surface area contributed by atoms with Crippen LogP contribution < -0.4 is 5.32 Å². The van der Waals surface area contributed by atoms with Crippen molar-refractivity contribution in [3.05, 3.63) is 59.1 Å². The van der Waals surface area contributed by atoms with Gasteiger partial charge < -0.3 is 10.1 Å². The normalized spacial score (nSPS) is 11.6. The highest BCUT2D eigenvalue weighted by atomic mass is 35.5. The highest BCUT2D eigenvalue weighted by Gasteiger charge is 2.15. The van der Waals surface area contributed by atoms with E-state index in [1.54, 1.807) is 36.4 Å². The number of benzene rings is 2. The van der Waals surface area contributed by atoms with Gasteiger partial charge in [-0.1, -0.05) is 11.6 Å². The van der Waals surface area contributed by atoms with Crippen LogP contribution in [0.15, 0.2) is 53.4 Å². The summed E-state index contributed by atoms with van der Waals surface area (Å²) in [6.45, 7) is 1.83. The molecule has 0 aliphatic rings. The minimum Gasteiger partial charge on any atom is -0.465 e. The van der Waals surface area contributed by atoms with Crippen molar-refractivity contribution in [2.75, 3.05) is 12.4 Å². The predicted molar refractivity (Wildman–Crippen MR) is 93.2 cm³/mol. The van der Waals surface area contributed by atoms with E-state index in [1.165, 1.54) is 18.9 Å². The third-order valence-electron chi connectivity index (χ3n) is 3.07. The predicted octanol–water partition coefficient (Wildman–Crippen LogP) is 4.25. The summed E-state index contributed by atoms with van der Waals surface area (Å²) in [6, 6.07) is 13.9. The topological polar surface area (TPSA) is 55.4 Å². The molecule has 0 radical (unpaired) electrons. The Morgan fingerprint density at radius 3 is 2.26 bits per heavy atom. The molecule has 2 aromatic rings. The molecule has 1 atom stereocenters. The Bertz CT molecular complexity index is 686. The van der Waals surface area contributed by atoms with E-state index in [2.05, 4.69) is 10.1 Å². The number of nitrogens with one attached hydrogen (secondary N) is 1. The quantitative estimate of drug-likeness (QED) is 0.647. The first-order valence-electron chi connectivity index (χ1n) is 6.91. The van der Waals surface area contributed by atoms with Crippen molar-refractivity contribution in [1.82, 2.24) is 0 Å². The zero-order valence-electron chi connectivity index (χ0n) is 12.7. The van der Waals surface area contributed by atoms with Gasteiger partial charge in [0.15, 0.2) is 0 Å². The first kappa shape index (κ1) is 17.4. The van der Waals surface area contributed by atoms with Crippen LogP contribution in [0.4, 0.5) is 5.69 Å². The Morgan fingerprint density at radius 2 is 1.70 bits per heavy atom. The number of halogens is 1. The SMILES string of the molecule is COC(=O)c1ccc(NC(=O)C(C)Sc2ccc(Cl)cc2)cc1. The van der Waals surface area contributed by atoms with E-state index in [-0.39, 0.29) is 11.2 Å². The smallest absolute Gasteiger partial charge is 0.337 e. The maximum Gasteiger partial charge on any atom is 0.337 e. The standard InChI is InChI=1S/C17H16ClNO3S/c1-11(23-15-9-5-13(18)6-10-15)16(20)19-14-7-3-12(4-8-14)17(21)22-2/h3-11H,1-2H3,(H,19,20). The van der Waals surface area contributed by atoms with Crippen molar-refractivity contribution in [2.45, 2.75) is 17.1 Å². The first-order chi connectivity index (χ1) is 11.0. The van der Waals surface area contributed by atoms with Gasteiger partial charge in [-0.3, -0.25) is 4.79 Å². The summed E-state index contributed by atoms with van der Waals surface area (Å²) in [5, 5.41) is 3.22. The van der Waals surface area contributed by atoms with Crippen molar-refractivity contribution in [3.63, 3.8) is 0 Å². The van der Waals surface area contributed by atoms with Crippen molar-refractivity contribution in [3.8, 4) is 0 Å². The van der Waals surface area contributed by atoms with Crippen LogP contribution >= 0.6 is 23.4 Å². The molecular formula is C17H16ClNO3S. The molecule has 0 saturated carbocycles. The minimum atomic E-state index is -0.408. The molecule has 23 heavy (non-hydrogen) atoms. The van der Waals surface area contributed by atoms with Crippen LogP contribution in [0.2, 0.25) is 5.02 Å². The molecule has 1 amide bonds. The minimum absolute atomic E-state index is 0.115. The molecule has 0 fully saturated rings. The summed E-state index contributed by atoms with van der Waals surface area (Å²) in [4.78, 5) is 24.5. The number of amides is 1. The first-order valence-corrected chi connectivity index (χ1v) is 8.17. The van der Waals surface area contributed by atoms with Gasteiger partial charge in [-0.2, -0.15) is 0 Å². The zero-order valence-corrected chi connectivity index (χ0v) is 14.3. The van der Waals surface area contributed by atoms with Gasteiger partial charge in [-0.05, 0) is 55.5 Å². The van der Waals surface area contributed by atoms with E-state index in [0.717, 1.165) is 4.90 Å². The Labute approximate surface area is 144 Å². The van der Waals surface area contributed by atoms with Gasteiger partial charge in [0.2, 0.25) is 5.91 Å². The van der Waals surface area contributed by atoms with Gasteiger partial charge in [-0.25, -0.2) is 4.79 Å². The second-order valence-corrected chi connectivity index (χ2v) is 6.62. The number of anilines is 1. The average Bonchev–Trinajstić information content (AvgIpc) is 2.56. The lowest BCUT2D eigenvalue weighted by Crippen LogP contribution is -2.22. The van der Waals surface area contributed by atoms with Gasteiger partial charge in [0.1, 0.15) is 0 Å². The molecule has 0 aliphatic heterocycles. The Morgan fingerprint density at radius 1 is 1.09 bits per heavy atom. The number of rotatable bonds is 5. The highest BCUT2D eigenvalue weighted by Crippen LogP contribution is 2.25. The van der Waals surface area contributed by atoms with Gasteiger partial charge >= 0.3 is 5.97 Å². The molecule has 1 unspecified atom stereocenters. The summed E-state index contributed by atoms with van der Waals surface area (Å²) in [5.74, 6) is -0.523. The van der Waals surface area contributed by atoms with E-state index in [4.69, 9.17) is 11.6 Å². The fraction of sp³-hybridized carbons (Fsp3) is 0.176. The van der Waals surface area contributed by atoms with Crippen molar-refractivity contribution in [1.29, 1.82) is 0 Å². The van der Waals surface area contributed by atoms with E-state index >= 15 is 0 Å². The molecule has 0 spiro atoms. The van der Waals surface area contributed by atoms with Crippen LogP contribution in [0.25, 0.3) is 0 Å². The molecule has 6 heteroatoms. The van der Waals surface area contributed by atoms with Crippen LogP contribution in [0.1, 0.15) is 17.3 Å². The lowest BCUT2D eigenvalue weighted by atomic mass is 10.2. The van der Waals surface area contributed by atoms with Crippen LogP contribution in [0.3, 0.4) is 0 Å². The lowest BCUT2D eigenvalue weighted by Gasteiger charge is -2.12. The van der Waals surface area contributed by atoms with Gasteiger partial charge in [0.05, 0.1) is 17.9 Å². The summed E-state index contributed by atoms with van der Waals surface area (Å²) in [7, 11) is 1.33. The second kappa shape index (κ2) is 8.04.